The van der Waals surface area contributed by atoms with Gasteiger partial charge in [0.15, 0.2) is 6.10 Å². The first-order valence-electron chi connectivity index (χ1n) is 26.9. The van der Waals surface area contributed by atoms with Gasteiger partial charge in [0.2, 0.25) is 0 Å². The number of carbonyl (C=O) groups excluding carboxylic acids is 3. The third-order valence-corrected chi connectivity index (χ3v) is 11.4. The summed E-state index contributed by atoms with van der Waals surface area (Å²) in [5.74, 6) is -0.985. The monoisotopic (exact) mass is 893 g/mol. The molecular formula is C58H100O6. The first-order chi connectivity index (χ1) is 31.5. The fraction of sp³-hybridized carbons (Fsp3) is 0.741. The Morgan fingerprint density at radius 2 is 0.594 bits per heavy atom. The average Bonchev–Trinajstić information content (AvgIpc) is 3.29. The lowest BCUT2D eigenvalue weighted by Crippen LogP contribution is -2.30. The predicted molar refractivity (Wildman–Crippen MR) is 274 cm³/mol. The highest BCUT2D eigenvalue weighted by molar-refractivity contribution is 5.71. The second-order valence-corrected chi connectivity index (χ2v) is 17.8. The van der Waals surface area contributed by atoms with Crippen molar-refractivity contribution in [1.29, 1.82) is 0 Å². The zero-order valence-electron chi connectivity index (χ0n) is 42.0. The lowest BCUT2D eigenvalue weighted by atomic mass is 10.0. The van der Waals surface area contributed by atoms with Crippen molar-refractivity contribution in [2.45, 2.75) is 264 Å². The van der Waals surface area contributed by atoms with E-state index >= 15 is 0 Å². The van der Waals surface area contributed by atoms with Gasteiger partial charge in [-0.3, -0.25) is 14.4 Å². The molecule has 0 aromatic rings. The number of hydrogen-bond acceptors (Lipinski definition) is 6. The summed E-state index contributed by atoms with van der Waals surface area (Å²) in [6, 6.07) is 0. The molecule has 0 aliphatic heterocycles. The van der Waals surface area contributed by atoms with Gasteiger partial charge in [0.1, 0.15) is 13.2 Å². The Hall–Kier alpha value is -3.15. The Kier molecular flexibility index (Phi) is 49.9. The molecule has 0 N–H and O–H groups in total. The SMILES string of the molecule is CCCCC/C=C\C/C=C\C/C=C\C/C=C\C/C=C\CCC(=O)OC[C@H](COC(=O)CCCCCCCCC/C=C\CCCCCC)OC(=O)CCCCCCCCCCCCCC. The van der Waals surface area contributed by atoms with Crippen molar-refractivity contribution < 1.29 is 28.6 Å². The molecule has 0 unspecified atom stereocenters. The van der Waals surface area contributed by atoms with Crippen molar-refractivity contribution in [2.24, 2.45) is 0 Å². The maximum Gasteiger partial charge on any atom is 0.306 e. The van der Waals surface area contributed by atoms with Crippen LogP contribution >= 0.6 is 0 Å². The summed E-state index contributed by atoms with van der Waals surface area (Å²) in [6.45, 7) is 6.53. The maximum atomic E-state index is 12.8. The van der Waals surface area contributed by atoms with Crippen molar-refractivity contribution in [1.82, 2.24) is 0 Å². The fourth-order valence-electron chi connectivity index (χ4n) is 7.36. The molecule has 0 fully saturated rings. The van der Waals surface area contributed by atoms with Crippen LogP contribution in [0.3, 0.4) is 0 Å². The van der Waals surface area contributed by atoms with Crippen LogP contribution in [0.5, 0.6) is 0 Å². The first kappa shape index (κ1) is 60.9. The molecule has 0 aromatic heterocycles. The van der Waals surface area contributed by atoms with Crippen LogP contribution < -0.4 is 0 Å². The third-order valence-electron chi connectivity index (χ3n) is 11.4. The van der Waals surface area contributed by atoms with Crippen LogP contribution in [0.25, 0.3) is 0 Å². The van der Waals surface area contributed by atoms with Crippen LogP contribution in [0.1, 0.15) is 258 Å². The van der Waals surface area contributed by atoms with E-state index in [4.69, 9.17) is 14.2 Å². The van der Waals surface area contributed by atoms with Crippen LogP contribution in [-0.2, 0) is 28.6 Å². The maximum absolute atomic E-state index is 12.8. The first-order valence-corrected chi connectivity index (χ1v) is 26.9. The molecule has 0 amide bonds. The number of unbranched alkanes of at least 4 members (excludes halogenated alkanes) is 25. The van der Waals surface area contributed by atoms with Gasteiger partial charge in [-0.15, -0.1) is 0 Å². The largest absolute Gasteiger partial charge is 0.462 e. The molecule has 1 atom stereocenters. The van der Waals surface area contributed by atoms with E-state index in [0.717, 1.165) is 64.2 Å². The van der Waals surface area contributed by atoms with Gasteiger partial charge in [0.05, 0.1) is 0 Å². The van der Waals surface area contributed by atoms with Gasteiger partial charge >= 0.3 is 17.9 Å². The number of allylic oxidation sites excluding steroid dienone is 12. The Balaban J connectivity index is 4.47. The van der Waals surface area contributed by atoms with E-state index < -0.39 is 6.10 Å². The molecule has 0 radical (unpaired) electrons. The molecule has 0 saturated carbocycles. The van der Waals surface area contributed by atoms with Gasteiger partial charge in [-0.05, 0) is 83.5 Å². The van der Waals surface area contributed by atoms with Crippen LogP contribution in [0.4, 0.5) is 0 Å². The molecule has 0 saturated heterocycles. The van der Waals surface area contributed by atoms with Gasteiger partial charge < -0.3 is 14.2 Å². The fourth-order valence-corrected chi connectivity index (χ4v) is 7.36. The van der Waals surface area contributed by atoms with E-state index in [1.807, 2.05) is 6.08 Å². The van der Waals surface area contributed by atoms with Gasteiger partial charge in [0, 0.05) is 19.3 Å². The Labute approximate surface area is 395 Å². The number of hydrogen-bond donors (Lipinski definition) is 0. The van der Waals surface area contributed by atoms with E-state index in [2.05, 4.69) is 87.6 Å². The van der Waals surface area contributed by atoms with Gasteiger partial charge in [-0.1, -0.05) is 229 Å². The van der Waals surface area contributed by atoms with E-state index in [0.29, 0.717) is 19.3 Å². The third kappa shape index (κ3) is 49.9. The van der Waals surface area contributed by atoms with Crippen LogP contribution in [0, 0.1) is 0 Å². The van der Waals surface area contributed by atoms with E-state index in [1.165, 1.54) is 148 Å². The highest BCUT2D eigenvalue weighted by atomic mass is 16.6. The molecule has 368 valence electrons. The molecule has 6 heteroatoms. The van der Waals surface area contributed by atoms with Crippen molar-refractivity contribution in [2.75, 3.05) is 13.2 Å². The van der Waals surface area contributed by atoms with Crippen molar-refractivity contribution in [3.63, 3.8) is 0 Å². The second kappa shape index (κ2) is 52.5. The summed E-state index contributed by atoms with van der Waals surface area (Å²) >= 11 is 0. The number of ether oxygens (including phenoxy) is 3. The van der Waals surface area contributed by atoms with E-state index in [1.54, 1.807) is 0 Å². The molecular weight excluding hydrogens is 793 g/mol. The Morgan fingerprint density at radius 3 is 1.03 bits per heavy atom. The van der Waals surface area contributed by atoms with Gasteiger partial charge in [0.25, 0.3) is 0 Å². The summed E-state index contributed by atoms with van der Waals surface area (Å²) in [5.41, 5.74) is 0. The molecule has 0 spiro atoms. The van der Waals surface area contributed by atoms with Crippen LogP contribution in [-0.4, -0.2) is 37.2 Å². The molecule has 0 aromatic carbocycles. The summed E-state index contributed by atoms with van der Waals surface area (Å²) < 4.78 is 16.7. The lowest BCUT2D eigenvalue weighted by molar-refractivity contribution is -0.166. The molecule has 0 aliphatic rings. The highest BCUT2D eigenvalue weighted by Crippen LogP contribution is 2.15. The van der Waals surface area contributed by atoms with Crippen molar-refractivity contribution >= 4 is 17.9 Å². The van der Waals surface area contributed by atoms with Gasteiger partial charge in [-0.25, -0.2) is 0 Å². The second-order valence-electron chi connectivity index (χ2n) is 17.8. The molecule has 0 aliphatic carbocycles. The smallest absolute Gasteiger partial charge is 0.306 e. The summed E-state index contributed by atoms with van der Waals surface area (Å²) in [5, 5.41) is 0. The number of rotatable bonds is 48. The highest BCUT2D eigenvalue weighted by Gasteiger charge is 2.19. The molecule has 6 nitrogen and oxygen atoms in total. The zero-order valence-corrected chi connectivity index (χ0v) is 42.0. The molecule has 0 heterocycles. The molecule has 0 bridgehead atoms. The average molecular weight is 893 g/mol. The topological polar surface area (TPSA) is 78.9 Å². The summed E-state index contributed by atoms with van der Waals surface area (Å²) in [7, 11) is 0. The number of esters is 3. The standard InChI is InChI=1S/C58H100O6/c1-4-7-10-13-16-19-22-25-27-28-29-30-32-34-37-39-42-45-48-51-57(60)63-54-55(64-58(61)52-49-46-43-40-35-24-21-18-15-12-9-6-3)53-62-56(59)50-47-44-41-38-36-33-31-26-23-20-17-14-11-8-5-2/h16,19-20,23,25,27,29-30,34,37,42,45,55H,4-15,17-18,21-22,24,26,28,31-33,35-36,38-41,43-44,46-54H2,1-3H3/b19-16-,23-20-,27-25-,30-29-,37-34-,45-42-/t55-/m0/s1. The normalized spacial score (nSPS) is 12.6. The zero-order chi connectivity index (χ0) is 46.5. The van der Waals surface area contributed by atoms with E-state index in [-0.39, 0.29) is 37.5 Å². The van der Waals surface area contributed by atoms with Crippen molar-refractivity contribution in [3.05, 3.63) is 72.9 Å². The van der Waals surface area contributed by atoms with E-state index in [9.17, 15) is 14.4 Å². The minimum absolute atomic E-state index is 0.0987. The quantitative estimate of drug-likeness (QED) is 0.0262. The lowest BCUT2D eigenvalue weighted by Gasteiger charge is -2.18. The van der Waals surface area contributed by atoms with Crippen LogP contribution in [0.15, 0.2) is 72.9 Å². The summed E-state index contributed by atoms with van der Waals surface area (Å²) in [4.78, 5) is 38.0. The minimum Gasteiger partial charge on any atom is -0.462 e. The van der Waals surface area contributed by atoms with Crippen molar-refractivity contribution in [3.8, 4) is 0 Å². The van der Waals surface area contributed by atoms with Crippen LogP contribution in [0.2, 0.25) is 0 Å². The minimum atomic E-state index is -0.804. The molecule has 0 rings (SSSR count). The predicted octanol–water partition coefficient (Wildman–Crippen LogP) is 17.8. The summed E-state index contributed by atoms with van der Waals surface area (Å²) in [6.07, 6.45) is 66.1. The Bertz CT molecular complexity index is 1210. The Morgan fingerprint density at radius 1 is 0.312 bits per heavy atom. The van der Waals surface area contributed by atoms with Gasteiger partial charge in [-0.2, -0.15) is 0 Å². The molecule has 64 heavy (non-hydrogen) atoms. The number of carbonyl (C=O) groups is 3.